The number of nitrogens with zero attached hydrogens (tertiary/aromatic N) is 1. The van der Waals surface area contributed by atoms with Crippen molar-refractivity contribution in [3.05, 3.63) is 64.9 Å². The number of rotatable bonds is 5. The van der Waals surface area contributed by atoms with E-state index in [1.807, 2.05) is 30.3 Å². The Labute approximate surface area is 136 Å². The highest BCUT2D eigenvalue weighted by Crippen LogP contribution is 2.24. The third-order valence-corrected chi connectivity index (χ3v) is 3.34. The van der Waals surface area contributed by atoms with Gasteiger partial charge in [-0.3, -0.25) is 4.79 Å². The first kappa shape index (κ1) is 15.8. The van der Waals surface area contributed by atoms with E-state index in [4.69, 9.17) is 9.68 Å². The Morgan fingerprint density at radius 3 is 2.68 bits per heavy atom. The molecule has 0 aliphatic heterocycles. The van der Waals surface area contributed by atoms with E-state index in [9.17, 15) is 4.79 Å². The highest BCUT2D eigenvalue weighted by molar-refractivity contribution is 9.10. The first-order chi connectivity index (χ1) is 10.6. The number of furan rings is 1. The molecule has 1 N–H and O–H groups in total. The molecule has 110 valence electrons. The molecule has 22 heavy (non-hydrogen) atoms. The molecule has 0 aliphatic carbocycles. The first-order valence-corrected chi connectivity index (χ1v) is 7.30. The quantitative estimate of drug-likeness (QED) is 0.501. The lowest BCUT2D eigenvalue weighted by atomic mass is 10.2. The number of hydrogen-bond acceptors (Lipinski definition) is 3. The maximum atomic E-state index is 11.8. The van der Waals surface area contributed by atoms with E-state index in [-0.39, 0.29) is 5.57 Å². The van der Waals surface area contributed by atoms with Crippen molar-refractivity contribution in [1.82, 2.24) is 5.32 Å². The summed E-state index contributed by atoms with van der Waals surface area (Å²) in [5.74, 6) is 0.662. The van der Waals surface area contributed by atoms with E-state index in [0.29, 0.717) is 18.1 Å². The maximum absolute atomic E-state index is 11.8. The van der Waals surface area contributed by atoms with Crippen LogP contribution < -0.4 is 5.32 Å². The van der Waals surface area contributed by atoms with Crippen LogP contribution in [0.25, 0.3) is 17.4 Å². The number of carbonyl (C=O) groups excluding carboxylic acids is 1. The lowest BCUT2D eigenvalue weighted by Crippen LogP contribution is -2.24. The van der Waals surface area contributed by atoms with Gasteiger partial charge < -0.3 is 9.73 Å². The van der Waals surface area contributed by atoms with Gasteiger partial charge in [-0.25, -0.2) is 0 Å². The van der Waals surface area contributed by atoms with Gasteiger partial charge in [0.2, 0.25) is 0 Å². The van der Waals surface area contributed by atoms with Crippen molar-refractivity contribution in [2.75, 3.05) is 6.54 Å². The van der Waals surface area contributed by atoms with Crippen molar-refractivity contribution in [3.8, 4) is 17.4 Å². The standard InChI is InChI=1S/C17H13BrN2O2/c1-2-9-20-17(21)13(11-19)10-15-7-8-16(22-15)12-3-5-14(18)6-4-12/h2-8,10H,1,9H2,(H,20,21). The predicted octanol–water partition coefficient (Wildman–Crippen LogP) is 3.92. The second-order valence-electron chi connectivity index (χ2n) is 4.38. The third kappa shape index (κ3) is 3.96. The second-order valence-corrected chi connectivity index (χ2v) is 5.29. The fraction of sp³-hybridized carbons (Fsp3) is 0.0588. The van der Waals surface area contributed by atoms with Crippen molar-refractivity contribution in [1.29, 1.82) is 5.26 Å². The van der Waals surface area contributed by atoms with Crippen LogP contribution in [-0.4, -0.2) is 12.5 Å². The number of benzene rings is 1. The van der Waals surface area contributed by atoms with Crippen molar-refractivity contribution >= 4 is 27.9 Å². The summed E-state index contributed by atoms with van der Waals surface area (Å²) in [7, 11) is 0. The summed E-state index contributed by atoms with van der Waals surface area (Å²) in [6.07, 6.45) is 2.96. The third-order valence-electron chi connectivity index (χ3n) is 2.81. The number of hydrogen-bond donors (Lipinski definition) is 1. The van der Waals surface area contributed by atoms with Crippen LogP contribution in [-0.2, 0) is 4.79 Å². The molecule has 2 rings (SSSR count). The van der Waals surface area contributed by atoms with Crippen LogP contribution in [0.2, 0.25) is 0 Å². The number of nitrogens with one attached hydrogen (secondary N) is 1. The highest BCUT2D eigenvalue weighted by atomic mass is 79.9. The predicted molar refractivity (Wildman–Crippen MR) is 88.6 cm³/mol. The molecule has 2 aromatic rings. The van der Waals surface area contributed by atoms with Crippen LogP contribution in [0, 0.1) is 11.3 Å². The summed E-state index contributed by atoms with van der Waals surface area (Å²) >= 11 is 3.37. The smallest absolute Gasteiger partial charge is 0.262 e. The number of carbonyl (C=O) groups is 1. The highest BCUT2D eigenvalue weighted by Gasteiger charge is 2.10. The van der Waals surface area contributed by atoms with E-state index < -0.39 is 5.91 Å². The van der Waals surface area contributed by atoms with E-state index in [2.05, 4.69) is 27.8 Å². The minimum absolute atomic E-state index is 0.0152. The minimum atomic E-state index is -0.455. The molecule has 1 aromatic carbocycles. The number of amides is 1. The largest absolute Gasteiger partial charge is 0.457 e. The molecule has 0 unspecified atom stereocenters. The van der Waals surface area contributed by atoms with Crippen LogP contribution in [0.15, 0.2) is 63.5 Å². The molecule has 0 aliphatic rings. The van der Waals surface area contributed by atoms with Gasteiger partial charge in [0.15, 0.2) is 0 Å². The molecule has 0 saturated carbocycles. The fourth-order valence-electron chi connectivity index (χ4n) is 1.75. The molecular weight excluding hydrogens is 344 g/mol. The number of halogens is 1. The Balaban J connectivity index is 2.21. The van der Waals surface area contributed by atoms with E-state index in [1.165, 1.54) is 6.08 Å². The normalized spacial score (nSPS) is 10.8. The topological polar surface area (TPSA) is 66.0 Å². The van der Waals surface area contributed by atoms with E-state index in [0.717, 1.165) is 10.0 Å². The Kier molecular flexibility index (Phi) is 5.34. The number of nitriles is 1. The van der Waals surface area contributed by atoms with E-state index in [1.54, 1.807) is 18.2 Å². The van der Waals surface area contributed by atoms with Crippen molar-refractivity contribution < 1.29 is 9.21 Å². The zero-order valence-electron chi connectivity index (χ0n) is 11.7. The van der Waals surface area contributed by atoms with Gasteiger partial charge in [0, 0.05) is 22.7 Å². The zero-order chi connectivity index (χ0) is 15.9. The molecule has 1 aromatic heterocycles. The Bertz CT molecular complexity index is 752. The molecule has 0 saturated heterocycles. The molecule has 0 fully saturated rings. The Morgan fingerprint density at radius 1 is 1.32 bits per heavy atom. The lowest BCUT2D eigenvalue weighted by molar-refractivity contribution is -0.116. The van der Waals surface area contributed by atoms with Crippen molar-refractivity contribution in [2.45, 2.75) is 0 Å². The van der Waals surface area contributed by atoms with Gasteiger partial charge in [0.05, 0.1) is 0 Å². The van der Waals surface area contributed by atoms with Gasteiger partial charge in [-0.2, -0.15) is 5.26 Å². The minimum Gasteiger partial charge on any atom is -0.457 e. The average molecular weight is 357 g/mol. The fourth-order valence-corrected chi connectivity index (χ4v) is 2.01. The maximum Gasteiger partial charge on any atom is 0.262 e. The summed E-state index contributed by atoms with van der Waals surface area (Å²) < 4.78 is 6.63. The van der Waals surface area contributed by atoms with Crippen LogP contribution in [0.1, 0.15) is 5.76 Å². The van der Waals surface area contributed by atoms with Crippen LogP contribution >= 0.6 is 15.9 Å². The van der Waals surface area contributed by atoms with Gasteiger partial charge >= 0.3 is 0 Å². The lowest BCUT2D eigenvalue weighted by Gasteiger charge is -1.99. The molecule has 0 bridgehead atoms. The van der Waals surface area contributed by atoms with Crippen molar-refractivity contribution in [3.63, 3.8) is 0 Å². The first-order valence-electron chi connectivity index (χ1n) is 6.50. The summed E-state index contributed by atoms with van der Waals surface area (Å²) in [5.41, 5.74) is 0.899. The van der Waals surface area contributed by atoms with Crippen molar-refractivity contribution in [2.24, 2.45) is 0 Å². The van der Waals surface area contributed by atoms with Gasteiger partial charge in [0.1, 0.15) is 23.2 Å². The summed E-state index contributed by atoms with van der Waals surface area (Å²) in [4.78, 5) is 11.8. The van der Waals surface area contributed by atoms with Gasteiger partial charge in [0.25, 0.3) is 5.91 Å². The van der Waals surface area contributed by atoms with Crippen LogP contribution in [0.4, 0.5) is 0 Å². The van der Waals surface area contributed by atoms with Gasteiger partial charge in [-0.1, -0.05) is 34.1 Å². The van der Waals surface area contributed by atoms with Gasteiger partial charge in [-0.15, -0.1) is 6.58 Å². The Morgan fingerprint density at radius 2 is 2.05 bits per heavy atom. The molecule has 0 spiro atoms. The average Bonchev–Trinajstić information content (AvgIpc) is 2.99. The zero-order valence-corrected chi connectivity index (χ0v) is 13.3. The summed E-state index contributed by atoms with van der Waals surface area (Å²) in [6, 6.07) is 13.0. The molecule has 1 amide bonds. The van der Waals surface area contributed by atoms with Crippen LogP contribution in [0.3, 0.4) is 0 Å². The van der Waals surface area contributed by atoms with E-state index >= 15 is 0 Å². The monoisotopic (exact) mass is 356 g/mol. The second kappa shape index (κ2) is 7.43. The molecule has 0 atom stereocenters. The molecular formula is C17H13BrN2O2. The summed E-state index contributed by atoms with van der Waals surface area (Å²) in [5, 5.41) is 11.6. The molecule has 0 radical (unpaired) electrons. The molecule has 5 heteroatoms. The molecule has 4 nitrogen and oxygen atoms in total. The summed E-state index contributed by atoms with van der Waals surface area (Å²) in [6.45, 7) is 3.81. The SMILES string of the molecule is C=CCNC(=O)C(C#N)=Cc1ccc(-c2ccc(Br)cc2)o1. The Hall–Kier alpha value is -2.58. The molecule has 1 heterocycles. The van der Waals surface area contributed by atoms with Gasteiger partial charge in [-0.05, 0) is 24.3 Å². The van der Waals surface area contributed by atoms with Crippen LogP contribution in [0.5, 0.6) is 0 Å².